The van der Waals surface area contributed by atoms with E-state index in [1.54, 1.807) is 0 Å². The smallest absolute Gasteiger partial charge is 0.423 e. The van der Waals surface area contributed by atoms with Gasteiger partial charge in [0.05, 0.1) is 19.3 Å². The first kappa shape index (κ1) is 13.5. The summed E-state index contributed by atoms with van der Waals surface area (Å²) in [6.07, 6.45) is 2.15. The second kappa shape index (κ2) is 6.29. The molecular weight excluding hydrogens is 238 g/mol. The highest BCUT2D eigenvalue weighted by Crippen LogP contribution is 2.13. The Morgan fingerprint density at radius 1 is 1.44 bits per heavy atom. The van der Waals surface area contributed by atoms with Gasteiger partial charge in [0.1, 0.15) is 5.82 Å². The minimum Gasteiger partial charge on any atom is -0.423 e. The lowest BCUT2D eigenvalue weighted by atomic mass is 9.80. The van der Waals surface area contributed by atoms with Crippen molar-refractivity contribution < 1.29 is 23.9 Å². The molecule has 0 spiro atoms. The molecule has 1 heterocycles. The molecule has 0 amide bonds. The van der Waals surface area contributed by atoms with Crippen LogP contribution in [-0.2, 0) is 16.1 Å². The van der Waals surface area contributed by atoms with Crippen molar-refractivity contribution in [3.8, 4) is 0 Å². The molecule has 0 saturated carbocycles. The number of ether oxygens (including phenoxy) is 2. The Labute approximate surface area is 105 Å². The van der Waals surface area contributed by atoms with E-state index in [1.165, 1.54) is 12.1 Å². The topological polar surface area (TPSA) is 58.9 Å². The largest absolute Gasteiger partial charge is 0.488 e. The summed E-state index contributed by atoms with van der Waals surface area (Å²) in [5.41, 5.74) is 0.535. The Morgan fingerprint density at radius 2 is 2.28 bits per heavy atom. The summed E-state index contributed by atoms with van der Waals surface area (Å²) in [6, 6.07) is 4.08. The van der Waals surface area contributed by atoms with Crippen molar-refractivity contribution in [1.29, 1.82) is 0 Å². The van der Waals surface area contributed by atoms with E-state index in [1.807, 2.05) is 0 Å². The Kier molecular flexibility index (Phi) is 4.71. The molecule has 18 heavy (non-hydrogen) atoms. The molecule has 1 aromatic carbocycles. The summed E-state index contributed by atoms with van der Waals surface area (Å²) in [5.74, 6) is -0.493. The maximum atomic E-state index is 13.6. The van der Waals surface area contributed by atoms with Crippen LogP contribution in [0.25, 0.3) is 0 Å². The third-order valence-electron chi connectivity index (χ3n) is 2.96. The van der Waals surface area contributed by atoms with Gasteiger partial charge in [0.2, 0.25) is 0 Å². The van der Waals surface area contributed by atoms with Crippen molar-refractivity contribution in [1.82, 2.24) is 0 Å². The van der Waals surface area contributed by atoms with E-state index in [0.29, 0.717) is 12.2 Å². The second-order valence-electron chi connectivity index (χ2n) is 4.37. The van der Waals surface area contributed by atoms with Gasteiger partial charge in [-0.2, -0.15) is 0 Å². The van der Waals surface area contributed by atoms with Crippen LogP contribution in [0.3, 0.4) is 0 Å². The minimum atomic E-state index is -1.65. The highest BCUT2D eigenvalue weighted by molar-refractivity contribution is 6.58. The summed E-state index contributed by atoms with van der Waals surface area (Å²) in [4.78, 5) is 0. The molecule has 0 aliphatic carbocycles. The molecule has 2 rings (SSSR count). The molecule has 1 unspecified atom stereocenters. The third-order valence-corrected chi connectivity index (χ3v) is 2.96. The molecule has 1 fully saturated rings. The SMILES string of the molecule is OB(O)c1ccc(COCC2CCCO2)c(F)c1. The molecule has 0 aromatic heterocycles. The van der Waals surface area contributed by atoms with Crippen molar-refractivity contribution >= 4 is 12.6 Å². The summed E-state index contributed by atoms with van der Waals surface area (Å²) in [6.45, 7) is 1.39. The van der Waals surface area contributed by atoms with Crippen molar-refractivity contribution in [2.75, 3.05) is 13.2 Å². The van der Waals surface area contributed by atoms with Gasteiger partial charge >= 0.3 is 7.12 Å². The van der Waals surface area contributed by atoms with Crippen LogP contribution in [0.4, 0.5) is 4.39 Å². The molecule has 1 atom stereocenters. The monoisotopic (exact) mass is 254 g/mol. The number of hydrogen-bond donors (Lipinski definition) is 2. The standard InChI is InChI=1S/C12H16BFO4/c14-12-6-10(13(15)16)4-3-9(12)7-17-8-11-2-1-5-18-11/h3-4,6,11,15-16H,1-2,5,7-8H2. The zero-order valence-corrected chi connectivity index (χ0v) is 10.0. The van der Waals surface area contributed by atoms with Crippen LogP contribution in [0.2, 0.25) is 0 Å². The van der Waals surface area contributed by atoms with Gasteiger partial charge in [0.15, 0.2) is 0 Å². The average molecular weight is 254 g/mol. The molecular formula is C12H16BFO4. The van der Waals surface area contributed by atoms with Crippen molar-refractivity contribution in [3.05, 3.63) is 29.6 Å². The zero-order valence-electron chi connectivity index (χ0n) is 10.0. The summed E-state index contributed by atoms with van der Waals surface area (Å²) in [7, 11) is -1.65. The molecule has 1 aromatic rings. The third kappa shape index (κ3) is 3.52. The van der Waals surface area contributed by atoms with Crippen LogP contribution in [0.1, 0.15) is 18.4 Å². The van der Waals surface area contributed by atoms with Crippen molar-refractivity contribution in [3.63, 3.8) is 0 Å². The average Bonchev–Trinajstić information content (AvgIpc) is 2.84. The van der Waals surface area contributed by atoms with Gasteiger partial charge in [-0.05, 0) is 24.4 Å². The fourth-order valence-electron chi connectivity index (χ4n) is 1.92. The van der Waals surface area contributed by atoms with E-state index in [4.69, 9.17) is 19.5 Å². The predicted octanol–water partition coefficient (Wildman–Crippen LogP) is 0.201. The van der Waals surface area contributed by atoms with E-state index in [0.717, 1.165) is 25.5 Å². The van der Waals surface area contributed by atoms with Crippen LogP contribution in [0.15, 0.2) is 18.2 Å². The van der Waals surface area contributed by atoms with Crippen LogP contribution >= 0.6 is 0 Å². The second-order valence-corrected chi connectivity index (χ2v) is 4.37. The zero-order chi connectivity index (χ0) is 13.0. The number of hydrogen-bond acceptors (Lipinski definition) is 4. The van der Waals surface area contributed by atoms with Gasteiger partial charge in [0.25, 0.3) is 0 Å². The van der Waals surface area contributed by atoms with Gasteiger partial charge in [-0.15, -0.1) is 0 Å². The van der Waals surface area contributed by atoms with Gasteiger partial charge in [-0.1, -0.05) is 12.1 Å². The summed E-state index contributed by atoms with van der Waals surface area (Å²) < 4.78 is 24.4. The molecule has 6 heteroatoms. The normalized spacial score (nSPS) is 19.2. The molecule has 1 aliphatic rings. The van der Waals surface area contributed by atoms with Crippen molar-refractivity contribution in [2.45, 2.75) is 25.6 Å². The lowest BCUT2D eigenvalue weighted by Gasteiger charge is -2.11. The Hall–Kier alpha value is -0.945. The first-order valence-corrected chi connectivity index (χ1v) is 6.00. The van der Waals surface area contributed by atoms with Crippen molar-refractivity contribution in [2.24, 2.45) is 0 Å². The van der Waals surface area contributed by atoms with Gasteiger partial charge in [0, 0.05) is 12.2 Å². The first-order valence-electron chi connectivity index (χ1n) is 6.00. The molecule has 98 valence electrons. The quantitative estimate of drug-likeness (QED) is 0.737. The number of rotatable bonds is 5. The maximum Gasteiger partial charge on any atom is 0.488 e. The highest BCUT2D eigenvalue weighted by atomic mass is 19.1. The van der Waals surface area contributed by atoms with E-state index in [9.17, 15) is 4.39 Å². The van der Waals surface area contributed by atoms with Crippen LogP contribution in [0.5, 0.6) is 0 Å². The highest BCUT2D eigenvalue weighted by Gasteiger charge is 2.16. The number of halogens is 1. The van der Waals surface area contributed by atoms with Gasteiger partial charge in [-0.25, -0.2) is 4.39 Å². The predicted molar refractivity (Wildman–Crippen MR) is 64.9 cm³/mol. The molecule has 1 saturated heterocycles. The maximum absolute atomic E-state index is 13.6. The van der Waals surface area contributed by atoms with Crippen LogP contribution in [-0.4, -0.2) is 36.5 Å². The van der Waals surface area contributed by atoms with Gasteiger partial charge < -0.3 is 19.5 Å². The molecule has 0 radical (unpaired) electrons. The fourth-order valence-corrected chi connectivity index (χ4v) is 1.92. The summed E-state index contributed by atoms with van der Waals surface area (Å²) >= 11 is 0. The van der Waals surface area contributed by atoms with E-state index in [2.05, 4.69) is 0 Å². The van der Waals surface area contributed by atoms with Crippen LogP contribution < -0.4 is 5.46 Å². The minimum absolute atomic E-state index is 0.117. The first-order chi connectivity index (χ1) is 8.66. The van der Waals surface area contributed by atoms with E-state index < -0.39 is 12.9 Å². The molecule has 2 N–H and O–H groups in total. The summed E-state index contributed by atoms with van der Waals surface area (Å²) in [5, 5.41) is 17.8. The lowest BCUT2D eigenvalue weighted by molar-refractivity contribution is 0.00983. The molecule has 0 bridgehead atoms. The molecule has 4 nitrogen and oxygen atoms in total. The van der Waals surface area contributed by atoms with E-state index in [-0.39, 0.29) is 18.2 Å². The molecule has 1 aliphatic heterocycles. The van der Waals surface area contributed by atoms with Crippen LogP contribution in [0, 0.1) is 5.82 Å². The Balaban J connectivity index is 1.85. The fraction of sp³-hybridized carbons (Fsp3) is 0.500. The van der Waals surface area contributed by atoms with Gasteiger partial charge in [-0.3, -0.25) is 0 Å². The Bertz CT molecular complexity index is 394. The lowest BCUT2D eigenvalue weighted by Crippen LogP contribution is -2.30. The van der Waals surface area contributed by atoms with E-state index >= 15 is 0 Å². The number of benzene rings is 1. The Morgan fingerprint density at radius 3 is 2.89 bits per heavy atom.